The Morgan fingerprint density at radius 2 is 2.00 bits per heavy atom. The molecule has 0 heterocycles. The van der Waals surface area contributed by atoms with Gasteiger partial charge >= 0.3 is 0 Å². The van der Waals surface area contributed by atoms with Crippen molar-refractivity contribution in [3.05, 3.63) is 22.2 Å². The van der Waals surface area contributed by atoms with E-state index in [-0.39, 0.29) is 24.8 Å². The average molecular weight is 341 g/mol. The van der Waals surface area contributed by atoms with Crippen molar-refractivity contribution in [3.63, 3.8) is 0 Å². The van der Waals surface area contributed by atoms with Crippen molar-refractivity contribution in [1.29, 1.82) is 0 Å². The maximum absolute atomic E-state index is 10.0. The summed E-state index contributed by atoms with van der Waals surface area (Å²) in [5.41, 5.74) is 6.11. The van der Waals surface area contributed by atoms with Gasteiger partial charge in [0.25, 0.3) is 0 Å². The number of rotatable bonds is 4. The van der Waals surface area contributed by atoms with Crippen LogP contribution in [0.15, 0.2) is 16.6 Å². The highest BCUT2D eigenvalue weighted by molar-refractivity contribution is 9.10. The molecule has 4 nitrogen and oxygen atoms in total. The molecule has 0 aromatic heterocycles. The number of benzene rings is 1. The third-order valence-electron chi connectivity index (χ3n) is 2.87. The number of ether oxygens (including phenoxy) is 1. The van der Waals surface area contributed by atoms with Crippen LogP contribution in [0.5, 0.6) is 11.5 Å². The maximum Gasteiger partial charge on any atom is 0.162 e. The smallest absolute Gasteiger partial charge is 0.162 e. The second-order valence-electron chi connectivity index (χ2n) is 4.67. The molecule has 1 aromatic carbocycles. The van der Waals surface area contributed by atoms with Crippen LogP contribution in [0.1, 0.15) is 25.5 Å². The first-order valence-corrected chi connectivity index (χ1v) is 6.05. The number of aliphatic hydroxyl groups excluding tert-OH is 1. The lowest BCUT2D eigenvalue weighted by atomic mass is 9.81. The van der Waals surface area contributed by atoms with Crippen LogP contribution in [0.2, 0.25) is 0 Å². The first kappa shape index (κ1) is 17.5. The molecule has 0 spiro atoms. The van der Waals surface area contributed by atoms with Gasteiger partial charge in [-0.15, -0.1) is 12.4 Å². The molecule has 4 N–H and O–H groups in total. The Balaban J connectivity index is 0.00000289. The highest BCUT2D eigenvalue weighted by Gasteiger charge is 2.30. The number of nitrogens with two attached hydrogens (primary N) is 1. The van der Waals surface area contributed by atoms with Gasteiger partial charge in [-0.3, -0.25) is 0 Å². The van der Waals surface area contributed by atoms with Crippen LogP contribution in [0.4, 0.5) is 0 Å². The second kappa shape index (κ2) is 6.61. The topological polar surface area (TPSA) is 75.7 Å². The zero-order valence-corrected chi connectivity index (χ0v) is 13.0. The van der Waals surface area contributed by atoms with Crippen molar-refractivity contribution in [3.8, 4) is 11.5 Å². The van der Waals surface area contributed by atoms with E-state index in [0.717, 1.165) is 4.47 Å². The van der Waals surface area contributed by atoms with Gasteiger partial charge in [0, 0.05) is 28.1 Å². The summed E-state index contributed by atoms with van der Waals surface area (Å²) in [4.78, 5) is 0. The number of hydrogen-bond donors (Lipinski definition) is 3. The van der Waals surface area contributed by atoms with E-state index in [1.54, 1.807) is 12.1 Å². The largest absolute Gasteiger partial charge is 0.504 e. The number of phenolic OH excluding ortho intramolecular Hbond substituents is 1. The first-order valence-electron chi connectivity index (χ1n) is 5.26. The van der Waals surface area contributed by atoms with Gasteiger partial charge in [-0.25, -0.2) is 0 Å². The molecule has 0 bridgehead atoms. The van der Waals surface area contributed by atoms with Gasteiger partial charge in [-0.2, -0.15) is 0 Å². The Morgan fingerprint density at radius 1 is 1.44 bits per heavy atom. The van der Waals surface area contributed by atoms with Gasteiger partial charge in [0.15, 0.2) is 11.5 Å². The number of aromatic hydroxyl groups is 1. The zero-order valence-electron chi connectivity index (χ0n) is 10.6. The number of aliphatic hydroxyl groups is 1. The molecule has 18 heavy (non-hydrogen) atoms. The summed E-state index contributed by atoms with van der Waals surface area (Å²) < 4.78 is 5.83. The number of methoxy groups -OCH3 is 1. The highest BCUT2D eigenvalue weighted by Crippen LogP contribution is 2.41. The monoisotopic (exact) mass is 339 g/mol. The molecule has 1 aromatic rings. The van der Waals surface area contributed by atoms with Crippen molar-refractivity contribution in [2.24, 2.45) is 11.1 Å². The van der Waals surface area contributed by atoms with Crippen molar-refractivity contribution < 1.29 is 14.9 Å². The van der Waals surface area contributed by atoms with Crippen LogP contribution in [0.3, 0.4) is 0 Å². The van der Waals surface area contributed by atoms with E-state index >= 15 is 0 Å². The fraction of sp³-hybridized carbons (Fsp3) is 0.500. The van der Waals surface area contributed by atoms with Gasteiger partial charge in [0.05, 0.1) is 7.11 Å². The molecule has 0 aliphatic rings. The van der Waals surface area contributed by atoms with Crippen LogP contribution in [0, 0.1) is 5.41 Å². The van der Waals surface area contributed by atoms with Crippen molar-refractivity contribution in [1.82, 2.24) is 0 Å². The summed E-state index contributed by atoms with van der Waals surface area (Å²) in [5, 5.41) is 19.3. The minimum Gasteiger partial charge on any atom is -0.504 e. The minimum absolute atomic E-state index is 0. The van der Waals surface area contributed by atoms with Gasteiger partial charge in [-0.05, 0) is 12.1 Å². The molecular weight excluding hydrogens is 321 g/mol. The molecule has 0 amide bonds. The lowest BCUT2D eigenvalue weighted by Crippen LogP contribution is -2.32. The summed E-state index contributed by atoms with van der Waals surface area (Å²) in [6.07, 6.45) is 0. The van der Waals surface area contributed by atoms with Crippen molar-refractivity contribution in [2.75, 3.05) is 13.7 Å². The average Bonchev–Trinajstić information content (AvgIpc) is 2.30. The van der Waals surface area contributed by atoms with Crippen LogP contribution in [-0.4, -0.2) is 23.9 Å². The molecule has 1 rings (SSSR count). The van der Waals surface area contributed by atoms with Gasteiger partial charge in [-0.1, -0.05) is 29.8 Å². The number of phenols is 1. The van der Waals surface area contributed by atoms with E-state index in [2.05, 4.69) is 15.9 Å². The fourth-order valence-electron chi connectivity index (χ4n) is 1.51. The predicted molar refractivity (Wildman–Crippen MR) is 77.4 cm³/mol. The highest BCUT2D eigenvalue weighted by atomic mass is 79.9. The van der Waals surface area contributed by atoms with Crippen LogP contribution >= 0.6 is 28.3 Å². The Bertz CT molecular complexity index is 413. The van der Waals surface area contributed by atoms with Crippen LogP contribution in [-0.2, 0) is 0 Å². The Morgan fingerprint density at radius 3 is 2.44 bits per heavy atom. The lowest BCUT2D eigenvalue weighted by molar-refractivity contribution is 0.131. The fourth-order valence-corrected chi connectivity index (χ4v) is 1.96. The van der Waals surface area contributed by atoms with Crippen molar-refractivity contribution >= 4 is 28.3 Å². The van der Waals surface area contributed by atoms with E-state index < -0.39 is 11.5 Å². The van der Waals surface area contributed by atoms with E-state index in [4.69, 9.17) is 10.5 Å². The molecule has 104 valence electrons. The Hall–Kier alpha value is -0.490. The van der Waals surface area contributed by atoms with Gasteiger partial charge < -0.3 is 20.7 Å². The van der Waals surface area contributed by atoms with Gasteiger partial charge in [0.2, 0.25) is 0 Å². The number of hydrogen-bond acceptors (Lipinski definition) is 4. The first-order chi connectivity index (χ1) is 7.83. The van der Waals surface area contributed by atoms with E-state index in [1.807, 2.05) is 13.8 Å². The molecule has 0 unspecified atom stereocenters. The maximum atomic E-state index is 10.0. The normalized spacial score (nSPS) is 12.8. The van der Waals surface area contributed by atoms with Gasteiger partial charge in [0.1, 0.15) is 0 Å². The minimum atomic E-state index is -0.525. The second-order valence-corrected chi connectivity index (χ2v) is 5.59. The molecule has 0 fully saturated rings. The molecule has 0 aliphatic heterocycles. The molecule has 0 saturated carbocycles. The Kier molecular flexibility index (Phi) is 6.43. The summed E-state index contributed by atoms with van der Waals surface area (Å²) >= 11 is 3.34. The van der Waals surface area contributed by atoms with E-state index in [0.29, 0.717) is 11.3 Å². The molecular formula is C12H19BrClNO3. The lowest BCUT2D eigenvalue weighted by Gasteiger charge is -2.30. The number of halogens is 2. The summed E-state index contributed by atoms with van der Waals surface area (Å²) in [7, 11) is 1.48. The third-order valence-corrected chi connectivity index (χ3v) is 3.33. The predicted octanol–water partition coefficient (Wildman–Crippen LogP) is 2.60. The van der Waals surface area contributed by atoms with Crippen molar-refractivity contribution in [2.45, 2.75) is 19.9 Å². The standard InChI is InChI=1S/C12H18BrNO3.ClH/c1-12(2,6-15)11(14)8-4-7(13)5-9(17-3)10(8)16;/h4-5,11,15-16H,6,14H2,1-3H3;1H/t11-;/m0./s1. The summed E-state index contributed by atoms with van der Waals surface area (Å²) in [5.74, 6) is 0.378. The third kappa shape index (κ3) is 3.51. The molecule has 1 atom stereocenters. The molecule has 0 aliphatic carbocycles. The van der Waals surface area contributed by atoms with E-state index in [9.17, 15) is 10.2 Å². The van der Waals surface area contributed by atoms with E-state index in [1.165, 1.54) is 7.11 Å². The van der Waals surface area contributed by atoms with Crippen LogP contribution < -0.4 is 10.5 Å². The zero-order chi connectivity index (χ0) is 13.2. The quantitative estimate of drug-likeness (QED) is 0.787. The molecule has 6 heteroatoms. The van der Waals surface area contributed by atoms with Crippen LogP contribution in [0.25, 0.3) is 0 Å². The molecule has 0 radical (unpaired) electrons. The Labute approximate surface area is 122 Å². The summed E-state index contributed by atoms with van der Waals surface area (Å²) in [6.45, 7) is 3.61. The SMILES string of the molecule is COc1cc(Br)cc([C@H](N)C(C)(C)CO)c1O.Cl. The molecule has 0 saturated heterocycles. The summed E-state index contributed by atoms with van der Waals surface area (Å²) in [6, 6.07) is 2.91.